The lowest BCUT2D eigenvalue weighted by molar-refractivity contribution is 0.0503. The van der Waals surface area contributed by atoms with Gasteiger partial charge in [-0.05, 0) is 65.7 Å². The molecule has 0 aliphatic carbocycles. The highest BCUT2D eigenvalue weighted by molar-refractivity contribution is 5.68. The Bertz CT molecular complexity index is 527. The van der Waals surface area contributed by atoms with Gasteiger partial charge in [0, 0.05) is 0 Å². The standard InChI is InChI=1S/C19H29NO3/c1-13(2)12-17(20-18(21)23-19(5,6)7)15-8-10-16(11-9-15)22-14(3)4/h8-11,14,17H,1,12H2,2-7H3,(H,20,21). The third-order valence-corrected chi connectivity index (χ3v) is 2.90. The van der Waals surface area contributed by atoms with Crippen LogP contribution in [-0.2, 0) is 4.74 Å². The molecule has 4 heteroatoms. The molecule has 1 amide bonds. The predicted octanol–water partition coefficient (Wildman–Crippen LogP) is 5.01. The van der Waals surface area contributed by atoms with E-state index in [0.717, 1.165) is 16.9 Å². The normalized spacial score (nSPS) is 12.7. The summed E-state index contributed by atoms with van der Waals surface area (Å²) in [6.45, 7) is 15.4. The fourth-order valence-corrected chi connectivity index (χ4v) is 2.10. The number of nitrogens with one attached hydrogen (secondary N) is 1. The van der Waals surface area contributed by atoms with Gasteiger partial charge >= 0.3 is 6.09 Å². The predicted molar refractivity (Wildman–Crippen MR) is 93.7 cm³/mol. The molecule has 0 radical (unpaired) electrons. The summed E-state index contributed by atoms with van der Waals surface area (Å²) in [6, 6.07) is 7.58. The average Bonchev–Trinajstić information content (AvgIpc) is 2.35. The number of hydrogen-bond acceptors (Lipinski definition) is 3. The quantitative estimate of drug-likeness (QED) is 0.750. The Morgan fingerprint density at radius 2 is 1.78 bits per heavy atom. The SMILES string of the molecule is C=C(C)CC(NC(=O)OC(C)(C)C)c1ccc(OC(C)C)cc1. The summed E-state index contributed by atoms with van der Waals surface area (Å²) in [7, 11) is 0. The molecular formula is C19H29NO3. The van der Waals surface area contributed by atoms with Crippen molar-refractivity contribution in [3.05, 3.63) is 42.0 Å². The fraction of sp³-hybridized carbons (Fsp3) is 0.526. The smallest absolute Gasteiger partial charge is 0.408 e. The van der Waals surface area contributed by atoms with Crippen LogP contribution >= 0.6 is 0 Å². The highest BCUT2D eigenvalue weighted by atomic mass is 16.6. The Morgan fingerprint density at radius 3 is 2.22 bits per heavy atom. The van der Waals surface area contributed by atoms with Gasteiger partial charge in [0.2, 0.25) is 0 Å². The molecule has 0 aromatic heterocycles. The van der Waals surface area contributed by atoms with E-state index in [1.165, 1.54) is 0 Å². The first-order valence-electron chi connectivity index (χ1n) is 7.97. The van der Waals surface area contributed by atoms with Gasteiger partial charge in [-0.3, -0.25) is 0 Å². The van der Waals surface area contributed by atoms with Crippen LogP contribution in [0.15, 0.2) is 36.4 Å². The molecule has 1 N–H and O–H groups in total. The molecule has 0 fully saturated rings. The molecule has 0 saturated carbocycles. The lowest BCUT2D eigenvalue weighted by Crippen LogP contribution is -2.35. The van der Waals surface area contributed by atoms with Crippen molar-refractivity contribution in [1.29, 1.82) is 0 Å². The third-order valence-electron chi connectivity index (χ3n) is 2.90. The molecule has 23 heavy (non-hydrogen) atoms. The first-order valence-corrected chi connectivity index (χ1v) is 7.97. The number of ether oxygens (including phenoxy) is 2. The number of benzene rings is 1. The lowest BCUT2D eigenvalue weighted by atomic mass is 10.0. The Kier molecular flexibility index (Phi) is 6.67. The van der Waals surface area contributed by atoms with Crippen molar-refractivity contribution < 1.29 is 14.3 Å². The van der Waals surface area contributed by atoms with Crippen molar-refractivity contribution in [3.63, 3.8) is 0 Å². The van der Waals surface area contributed by atoms with Gasteiger partial charge < -0.3 is 14.8 Å². The first-order chi connectivity index (χ1) is 10.6. The Morgan fingerprint density at radius 1 is 1.22 bits per heavy atom. The average molecular weight is 319 g/mol. The highest BCUT2D eigenvalue weighted by Gasteiger charge is 2.20. The van der Waals surface area contributed by atoms with E-state index in [9.17, 15) is 4.79 Å². The van der Waals surface area contributed by atoms with E-state index in [1.807, 2.05) is 65.8 Å². The molecule has 0 bridgehead atoms. The molecule has 0 spiro atoms. The molecule has 0 heterocycles. The Hall–Kier alpha value is -1.97. The number of amides is 1. The van der Waals surface area contributed by atoms with Crippen LogP contribution in [0.3, 0.4) is 0 Å². The van der Waals surface area contributed by atoms with Crippen molar-refractivity contribution >= 4 is 6.09 Å². The minimum Gasteiger partial charge on any atom is -0.491 e. The van der Waals surface area contributed by atoms with Crippen LogP contribution in [0, 0.1) is 0 Å². The van der Waals surface area contributed by atoms with Gasteiger partial charge in [-0.15, -0.1) is 6.58 Å². The van der Waals surface area contributed by atoms with E-state index in [2.05, 4.69) is 11.9 Å². The summed E-state index contributed by atoms with van der Waals surface area (Å²) in [5.74, 6) is 0.815. The van der Waals surface area contributed by atoms with Gasteiger partial charge in [0.15, 0.2) is 0 Å². The van der Waals surface area contributed by atoms with E-state index in [4.69, 9.17) is 9.47 Å². The zero-order valence-electron chi connectivity index (χ0n) is 15.1. The number of carbonyl (C=O) groups excluding carboxylic acids is 1. The lowest BCUT2D eigenvalue weighted by Gasteiger charge is -2.24. The van der Waals surface area contributed by atoms with Crippen LogP contribution in [0.4, 0.5) is 4.79 Å². The molecular weight excluding hydrogens is 290 g/mol. The van der Waals surface area contributed by atoms with Crippen molar-refractivity contribution in [2.24, 2.45) is 0 Å². The second kappa shape index (κ2) is 8.04. The van der Waals surface area contributed by atoms with Crippen molar-refractivity contribution in [1.82, 2.24) is 5.32 Å². The van der Waals surface area contributed by atoms with E-state index < -0.39 is 11.7 Å². The van der Waals surface area contributed by atoms with Crippen LogP contribution in [0.2, 0.25) is 0 Å². The molecule has 128 valence electrons. The van der Waals surface area contributed by atoms with E-state index >= 15 is 0 Å². The van der Waals surface area contributed by atoms with Gasteiger partial charge in [-0.2, -0.15) is 0 Å². The van der Waals surface area contributed by atoms with Crippen LogP contribution in [-0.4, -0.2) is 17.8 Å². The number of rotatable bonds is 6. The van der Waals surface area contributed by atoms with Crippen LogP contribution < -0.4 is 10.1 Å². The summed E-state index contributed by atoms with van der Waals surface area (Å²) in [5.41, 5.74) is 1.47. The summed E-state index contributed by atoms with van der Waals surface area (Å²) >= 11 is 0. The summed E-state index contributed by atoms with van der Waals surface area (Å²) < 4.78 is 11.0. The number of carbonyl (C=O) groups is 1. The van der Waals surface area contributed by atoms with Gasteiger partial charge in [0.1, 0.15) is 11.4 Å². The maximum atomic E-state index is 12.0. The van der Waals surface area contributed by atoms with Gasteiger partial charge in [0.25, 0.3) is 0 Å². The van der Waals surface area contributed by atoms with Crippen molar-refractivity contribution in [2.75, 3.05) is 0 Å². The summed E-state index contributed by atoms with van der Waals surface area (Å²) in [6.07, 6.45) is 0.363. The minimum atomic E-state index is -0.521. The highest BCUT2D eigenvalue weighted by Crippen LogP contribution is 2.24. The van der Waals surface area contributed by atoms with E-state index in [-0.39, 0.29) is 12.1 Å². The maximum absolute atomic E-state index is 12.0. The molecule has 1 rings (SSSR count). The molecule has 0 aliphatic rings. The van der Waals surface area contributed by atoms with E-state index in [0.29, 0.717) is 6.42 Å². The first kappa shape index (κ1) is 19.1. The monoisotopic (exact) mass is 319 g/mol. The molecule has 1 atom stereocenters. The molecule has 1 unspecified atom stereocenters. The topological polar surface area (TPSA) is 47.6 Å². The van der Waals surface area contributed by atoms with Gasteiger partial charge in [-0.25, -0.2) is 4.79 Å². The van der Waals surface area contributed by atoms with Crippen molar-refractivity contribution in [2.45, 2.75) is 65.7 Å². The minimum absolute atomic E-state index is 0.131. The number of alkyl carbamates (subject to hydrolysis) is 1. The molecule has 0 aliphatic heterocycles. The Balaban J connectivity index is 2.85. The zero-order chi connectivity index (χ0) is 17.6. The fourth-order valence-electron chi connectivity index (χ4n) is 2.10. The van der Waals surface area contributed by atoms with Gasteiger partial charge in [-0.1, -0.05) is 17.7 Å². The van der Waals surface area contributed by atoms with E-state index in [1.54, 1.807) is 0 Å². The molecule has 1 aromatic carbocycles. The summed E-state index contributed by atoms with van der Waals surface area (Å²) in [5, 5.41) is 2.92. The molecule has 0 saturated heterocycles. The molecule has 1 aromatic rings. The second-order valence-electron chi connectivity index (χ2n) is 7.10. The second-order valence-corrected chi connectivity index (χ2v) is 7.10. The maximum Gasteiger partial charge on any atom is 0.408 e. The zero-order valence-corrected chi connectivity index (χ0v) is 15.1. The van der Waals surface area contributed by atoms with Crippen LogP contribution in [0.25, 0.3) is 0 Å². The van der Waals surface area contributed by atoms with Crippen molar-refractivity contribution in [3.8, 4) is 5.75 Å². The van der Waals surface area contributed by atoms with Crippen LogP contribution in [0.1, 0.15) is 59.6 Å². The van der Waals surface area contributed by atoms with Crippen LogP contribution in [0.5, 0.6) is 5.75 Å². The molecule has 4 nitrogen and oxygen atoms in total. The third kappa shape index (κ3) is 7.73. The summed E-state index contributed by atoms with van der Waals surface area (Å²) in [4.78, 5) is 12.0. The largest absolute Gasteiger partial charge is 0.491 e. The Labute approximate surface area is 139 Å². The number of hydrogen-bond donors (Lipinski definition) is 1. The van der Waals surface area contributed by atoms with Gasteiger partial charge in [0.05, 0.1) is 12.1 Å².